The molecule has 170 valence electrons. The van der Waals surface area contributed by atoms with Crippen molar-refractivity contribution in [1.29, 1.82) is 0 Å². The first-order valence-electron chi connectivity index (χ1n) is 11.6. The fraction of sp³-hybridized carbons (Fsp3) is 0.333. The Morgan fingerprint density at radius 2 is 1.91 bits per heavy atom. The van der Waals surface area contributed by atoms with E-state index in [1.165, 1.54) is 5.39 Å². The van der Waals surface area contributed by atoms with Gasteiger partial charge in [-0.2, -0.15) is 0 Å². The van der Waals surface area contributed by atoms with Gasteiger partial charge in [0.25, 0.3) is 0 Å². The van der Waals surface area contributed by atoms with Gasteiger partial charge in [0.1, 0.15) is 5.75 Å². The van der Waals surface area contributed by atoms with E-state index < -0.39 is 6.10 Å². The number of fused-ring (bicyclic) bond motifs is 2. The molecule has 6 nitrogen and oxygen atoms in total. The second-order valence-electron chi connectivity index (χ2n) is 8.75. The van der Waals surface area contributed by atoms with E-state index in [0.717, 1.165) is 65.9 Å². The maximum Gasteiger partial charge on any atom is 0.119 e. The summed E-state index contributed by atoms with van der Waals surface area (Å²) in [7, 11) is 1.65. The first-order valence-corrected chi connectivity index (χ1v) is 11.6. The Labute approximate surface area is 194 Å². The van der Waals surface area contributed by atoms with Gasteiger partial charge in [-0.15, -0.1) is 0 Å². The van der Waals surface area contributed by atoms with E-state index in [4.69, 9.17) is 9.72 Å². The van der Waals surface area contributed by atoms with Gasteiger partial charge in [-0.1, -0.05) is 24.3 Å². The number of hydrogen-bond acceptors (Lipinski definition) is 6. The minimum Gasteiger partial charge on any atom is -0.497 e. The topological polar surface area (TPSA) is 70.5 Å². The van der Waals surface area contributed by atoms with Crippen LogP contribution in [-0.4, -0.2) is 52.8 Å². The Balaban J connectivity index is 1.15. The molecule has 0 amide bonds. The number of methoxy groups -OCH3 is 1. The number of rotatable bonds is 7. The first-order chi connectivity index (χ1) is 16.2. The van der Waals surface area contributed by atoms with Crippen LogP contribution in [-0.2, 0) is 6.54 Å². The highest BCUT2D eigenvalue weighted by Crippen LogP contribution is 2.27. The van der Waals surface area contributed by atoms with Gasteiger partial charge in [-0.25, -0.2) is 0 Å². The number of aliphatic hydroxyl groups is 1. The van der Waals surface area contributed by atoms with E-state index in [1.807, 2.05) is 36.4 Å². The standard InChI is InChI=1S/C27H30N4O2/c1-33-22-8-9-26-24(16-22)23(10-13-28-26)27(32)18-31-14-11-20(12-15-31)29-17-21-7-6-19-4-2-3-5-25(19)30-21/h2-10,13,16,20,27,29,32H,11-12,14-15,17-18H2,1H3/t27-/m0/s1. The van der Waals surface area contributed by atoms with E-state index in [9.17, 15) is 5.11 Å². The van der Waals surface area contributed by atoms with Gasteiger partial charge in [-0.05, 0) is 67.9 Å². The number of β-amino-alcohol motifs (C(OH)–C–C–N with tert-alkyl or cyclic N) is 1. The van der Waals surface area contributed by atoms with E-state index in [-0.39, 0.29) is 0 Å². The molecule has 33 heavy (non-hydrogen) atoms. The summed E-state index contributed by atoms with van der Waals surface area (Å²) in [5.74, 6) is 0.775. The molecule has 5 rings (SSSR count). The number of nitrogens with one attached hydrogen (secondary N) is 1. The zero-order chi connectivity index (χ0) is 22.6. The lowest BCUT2D eigenvalue weighted by Crippen LogP contribution is -2.43. The maximum atomic E-state index is 11.0. The molecule has 1 atom stereocenters. The summed E-state index contributed by atoms with van der Waals surface area (Å²) in [6, 6.07) is 20.6. The normalized spacial score (nSPS) is 16.3. The molecule has 0 bridgehead atoms. The molecule has 3 heterocycles. The number of likely N-dealkylation sites (tertiary alicyclic amines) is 1. The summed E-state index contributed by atoms with van der Waals surface area (Å²) in [5.41, 5.74) is 3.90. The fourth-order valence-electron chi connectivity index (χ4n) is 4.68. The highest BCUT2D eigenvalue weighted by atomic mass is 16.5. The summed E-state index contributed by atoms with van der Waals surface area (Å²) in [6.45, 7) is 3.33. The molecule has 0 radical (unpaired) electrons. The molecule has 0 aliphatic carbocycles. The van der Waals surface area contributed by atoms with Crippen LogP contribution >= 0.6 is 0 Å². The Morgan fingerprint density at radius 1 is 1.06 bits per heavy atom. The van der Waals surface area contributed by atoms with Crippen molar-refractivity contribution in [2.45, 2.75) is 31.5 Å². The second-order valence-corrected chi connectivity index (χ2v) is 8.75. The third kappa shape index (κ3) is 4.98. The number of aromatic nitrogens is 2. The summed E-state index contributed by atoms with van der Waals surface area (Å²) in [5, 5.41) is 16.8. The molecule has 4 aromatic rings. The third-order valence-corrected chi connectivity index (χ3v) is 6.59. The van der Waals surface area contributed by atoms with Crippen molar-refractivity contribution < 1.29 is 9.84 Å². The molecule has 1 aliphatic heterocycles. The van der Waals surface area contributed by atoms with Crippen LogP contribution in [0.2, 0.25) is 0 Å². The number of piperidine rings is 1. The van der Waals surface area contributed by atoms with Crippen LogP contribution in [0.4, 0.5) is 0 Å². The van der Waals surface area contributed by atoms with Gasteiger partial charge in [0.05, 0.1) is 29.9 Å². The minimum absolute atomic E-state index is 0.470. The second kappa shape index (κ2) is 9.83. The predicted octanol–water partition coefficient (Wildman–Crippen LogP) is 4.08. The summed E-state index contributed by atoms with van der Waals surface area (Å²) >= 11 is 0. The first kappa shape index (κ1) is 21.8. The molecule has 1 fully saturated rings. The number of aliphatic hydroxyl groups excluding tert-OH is 1. The van der Waals surface area contributed by atoms with Crippen molar-refractivity contribution in [3.63, 3.8) is 0 Å². The van der Waals surface area contributed by atoms with Crippen molar-refractivity contribution in [2.24, 2.45) is 0 Å². The number of nitrogens with zero attached hydrogens (tertiary/aromatic N) is 3. The average Bonchev–Trinajstić information content (AvgIpc) is 2.87. The van der Waals surface area contributed by atoms with E-state index in [1.54, 1.807) is 13.3 Å². The van der Waals surface area contributed by atoms with Crippen LogP contribution in [0.1, 0.15) is 30.2 Å². The molecule has 1 saturated heterocycles. The Kier molecular flexibility index (Phi) is 6.48. The van der Waals surface area contributed by atoms with Crippen molar-refractivity contribution in [3.05, 3.63) is 78.1 Å². The smallest absolute Gasteiger partial charge is 0.119 e. The number of ether oxygens (including phenoxy) is 1. The molecule has 0 unspecified atom stereocenters. The maximum absolute atomic E-state index is 11.0. The number of para-hydroxylation sites is 1. The molecule has 2 aromatic heterocycles. The lowest BCUT2D eigenvalue weighted by atomic mass is 10.0. The van der Waals surface area contributed by atoms with Gasteiger partial charge in [0.15, 0.2) is 0 Å². The molecule has 2 N–H and O–H groups in total. The van der Waals surface area contributed by atoms with Crippen molar-refractivity contribution in [2.75, 3.05) is 26.7 Å². The summed E-state index contributed by atoms with van der Waals surface area (Å²) in [6.07, 6.45) is 3.33. The molecular weight excluding hydrogens is 412 g/mol. The van der Waals surface area contributed by atoms with Crippen LogP contribution in [0.3, 0.4) is 0 Å². The number of hydrogen-bond donors (Lipinski definition) is 2. The monoisotopic (exact) mass is 442 g/mol. The largest absolute Gasteiger partial charge is 0.497 e. The van der Waals surface area contributed by atoms with Crippen LogP contribution in [0.15, 0.2) is 66.9 Å². The lowest BCUT2D eigenvalue weighted by Gasteiger charge is -2.33. The van der Waals surface area contributed by atoms with Crippen molar-refractivity contribution in [1.82, 2.24) is 20.2 Å². The molecule has 0 spiro atoms. The van der Waals surface area contributed by atoms with Gasteiger partial charge in [-0.3, -0.25) is 9.97 Å². The van der Waals surface area contributed by atoms with Gasteiger partial charge < -0.3 is 20.1 Å². The van der Waals surface area contributed by atoms with Crippen LogP contribution in [0.5, 0.6) is 5.75 Å². The highest BCUT2D eigenvalue weighted by Gasteiger charge is 2.22. The van der Waals surface area contributed by atoms with Gasteiger partial charge >= 0.3 is 0 Å². The zero-order valence-electron chi connectivity index (χ0n) is 18.9. The van der Waals surface area contributed by atoms with Crippen molar-refractivity contribution >= 4 is 21.8 Å². The molecule has 1 aliphatic rings. The molecule has 2 aromatic carbocycles. The predicted molar refractivity (Wildman–Crippen MR) is 131 cm³/mol. The minimum atomic E-state index is -0.561. The SMILES string of the molecule is COc1ccc2nccc([C@@H](O)CN3CCC(NCc4ccc5ccccc5n4)CC3)c2c1. The van der Waals surface area contributed by atoms with Crippen molar-refractivity contribution in [3.8, 4) is 5.75 Å². The summed E-state index contributed by atoms with van der Waals surface area (Å²) < 4.78 is 5.36. The average molecular weight is 443 g/mol. The van der Waals surface area contributed by atoms with Gasteiger partial charge in [0.2, 0.25) is 0 Å². The Hall–Kier alpha value is -3.06. The van der Waals surface area contributed by atoms with E-state index in [0.29, 0.717) is 12.6 Å². The van der Waals surface area contributed by atoms with Gasteiger partial charge in [0, 0.05) is 36.1 Å². The fourth-order valence-corrected chi connectivity index (χ4v) is 4.68. The Morgan fingerprint density at radius 3 is 2.76 bits per heavy atom. The summed E-state index contributed by atoms with van der Waals surface area (Å²) in [4.78, 5) is 11.5. The van der Waals surface area contributed by atoms with Crippen LogP contribution in [0, 0.1) is 0 Å². The van der Waals surface area contributed by atoms with Crippen LogP contribution in [0.25, 0.3) is 21.8 Å². The Bertz CT molecular complexity index is 1240. The highest BCUT2D eigenvalue weighted by molar-refractivity contribution is 5.84. The molecule has 6 heteroatoms. The number of pyridine rings is 2. The molecule has 0 saturated carbocycles. The lowest BCUT2D eigenvalue weighted by molar-refractivity contribution is 0.0948. The zero-order valence-corrected chi connectivity index (χ0v) is 18.9. The van der Waals surface area contributed by atoms with E-state index >= 15 is 0 Å². The quantitative estimate of drug-likeness (QED) is 0.450. The van der Waals surface area contributed by atoms with E-state index in [2.05, 4.69) is 39.5 Å². The third-order valence-electron chi connectivity index (χ3n) is 6.59. The molecular formula is C27H30N4O2. The van der Waals surface area contributed by atoms with Crippen LogP contribution < -0.4 is 10.1 Å². The number of benzene rings is 2.